The zero-order valence-electron chi connectivity index (χ0n) is 16.4. The average molecular weight is 373 g/mol. The predicted octanol–water partition coefficient (Wildman–Crippen LogP) is 4.84. The molecule has 0 saturated heterocycles. The second kappa shape index (κ2) is 10.3. The molecule has 144 valence electrons. The summed E-state index contributed by atoms with van der Waals surface area (Å²) in [7, 11) is 1.69. The molecule has 3 heteroatoms. The Morgan fingerprint density at radius 2 is 1.46 bits per heavy atom. The van der Waals surface area contributed by atoms with Crippen LogP contribution in [0.2, 0.25) is 0 Å². The molecule has 3 nitrogen and oxygen atoms in total. The van der Waals surface area contributed by atoms with Gasteiger partial charge in [-0.25, -0.2) is 0 Å². The lowest BCUT2D eigenvalue weighted by Gasteiger charge is -2.11. The van der Waals surface area contributed by atoms with E-state index in [0.717, 1.165) is 42.6 Å². The van der Waals surface area contributed by atoms with Gasteiger partial charge in [0.2, 0.25) is 0 Å². The Morgan fingerprint density at radius 1 is 0.786 bits per heavy atom. The largest absolute Gasteiger partial charge is 0.496 e. The molecule has 1 N–H and O–H groups in total. The molecule has 0 saturated carbocycles. The monoisotopic (exact) mass is 373 g/mol. The highest BCUT2D eigenvalue weighted by Crippen LogP contribution is 2.18. The number of carbonyl (C=O) groups excluding carboxylic acids is 1. The topological polar surface area (TPSA) is 38.3 Å². The molecule has 0 radical (unpaired) electrons. The summed E-state index contributed by atoms with van der Waals surface area (Å²) in [4.78, 5) is 12.7. The first kappa shape index (κ1) is 19.7. The molecule has 3 aromatic carbocycles. The molecule has 1 amide bonds. The molecule has 3 rings (SSSR count). The number of nitrogens with one attached hydrogen (secondary N) is 1. The standard InChI is InChI=1S/C25H27NO2/c1-28-24-16-8-6-13-22(24)14-9-19-26-25(27)23-15-7-5-12-21(23)18-17-20-10-3-2-4-11-20/h2-8,10-13,15-16H,9,14,17-19H2,1H3,(H,26,27). The molecular weight excluding hydrogens is 346 g/mol. The molecule has 3 aromatic rings. The van der Waals surface area contributed by atoms with Gasteiger partial charge in [0.15, 0.2) is 0 Å². The Morgan fingerprint density at radius 3 is 2.25 bits per heavy atom. The minimum Gasteiger partial charge on any atom is -0.496 e. The van der Waals surface area contributed by atoms with Crippen molar-refractivity contribution in [2.24, 2.45) is 0 Å². The summed E-state index contributed by atoms with van der Waals surface area (Å²) < 4.78 is 5.38. The van der Waals surface area contributed by atoms with Crippen molar-refractivity contribution in [1.29, 1.82) is 0 Å². The summed E-state index contributed by atoms with van der Waals surface area (Å²) >= 11 is 0. The molecular formula is C25H27NO2. The van der Waals surface area contributed by atoms with Gasteiger partial charge < -0.3 is 10.1 Å². The van der Waals surface area contributed by atoms with Crippen LogP contribution in [0.1, 0.15) is 33.5 Å². The van der Waals surface area contributed by atoms with Crippen molar-refractivity contribution < 1.29 is 9.53 Å². The fourth-order valence-corrected chi connectivity index (χ4v) is 3.37. The number of hydrogen-bond acceptors (Lipinski definition) is 2. The molecule has 0 spiro atoms. The van der Waals surface area contributed by atoms with Crippen molar-refractivity contribution >= 4 is 5.91 Å². The average Bonchev–Trinajstić information content (AvgIpc) is 2.76. The van der Waals surface area contributed by atoms with E-state index in [1.165, 1.54) is 11.1 Å². The summed E-state index contributed by atoms with van der Waals surface area (Å²) in [5, 5.41) is 3.07. The van der Waals surface area contributed by atoms with Gasteiger partial charge >= 0.3 is 0 Å². The molecule has 0 aliphatic heterocycles. The first-order chi connectivity index (χ1) is 13.8. The van der Waals surface area contributed by atoms with Crippen LogP contribution < -0.4 is 10.1 Å². The first-order valence-electron chi connectivity index (χ1n) is 9.80. The molecule has 28 heavy (non-hydrogen) atoms. The van der Waals surface area contributed by atoms with Crippen molar-refractivity contribution in [2.75, 3.05) is 13.7 Å². The number of benzene rings is 3. The van der Waals surface area contributed by atoms with Crippen LogP contribution in [0.3, 0.4) is 0 Å². The fourth-order valence-electron chi connectivity index (χ4n) is 3.37. The molecule has 0 aliphatic rings. The molecule has 0 fully saturated rings. The summed E-state index contributed by atoms with van der Waals surface area (Å²) in [6.07, 6.45) is 3.53. The zero-order valence-corrected chi connectivity index (χ0v) is 16.4. The zero-order chi connectivity index (χ0) is 19.6. The third kappa shape index (κ3) is 5.46. The maximum atomic E-state index is 12.7. The van der Waals surface area contributed by atoms with Gasteiger partial charge in [0.25, 0.3) is 5.91 Å². The first-order valence-corrected chi connectivity index (χ1v) is 9.80. The Balaban J connectivity index is 1.53. The molecule has 0 aromatic heterocycles. The molecule has 0 bridgehead atoms. The van der Waals surface area contributed by atoms with Gasteiger partial charge in [-0.1, -0.05) is 66.7 Å². The number of ether oxygens (including phenoxy) is 1. The van der Waals surface area contributed by atoms with Gasteiger partial charge in [0, 0.05) is 12.1 Å². The van der Waals surface area contributed by atoms with Crippen LogP contribution in [0.25, 0.3) is 0 Å². The van der Waals surface area contributed by atoms with E-state index in [2.05, 4.69) is 35.6 Å². The van der Waals surface area contributed by atoms with Crippen LogP contribution in [0, 0.1) is 0 Å². The SMILES string of the molecule is COc1ccccc1CCCNC(=O)c1ccccc1CCc1ccccc1. The van der Waals surface area contributed by atoms with E-state index in [0.29, 0.717) is 6.54 Å². The minimum atomic E-state index is 0.00342. The Kier molecular flexibility index (Phi) is 7.25. The Bertz CT molecular complexity index is 890. The van der Waals surface area contributed by atoms with Crippen molar-refractivity contribution in [3.63, 3.8) is 0 Å². The molecule has 0 atom stereocenters. The maximum absolute atomic E-state index is 12.7. The van der Waals surface area contributed by atoms with Gasteiger partial charge in [0.05, 0.1) is 7.11 Å². The van der Waals surface area contributed by atoms with E-state index < -0.39 is 0 Å². The Hall–Kier alpha value is -3.07. The summed E-state index contributed by atoms with van der Waals surface area (Å²) in [6, 6.07) is 26.3. The number of methoxy groups -OCH3 is 1. The van der Waals surface area contributed by atoms with Gasteiger partial charge in [-0.3, -0.25) is 4.79 Å². The number of aryl methyl sites for hydroxylation is 3. The Labute approximate surface area is 167 Å². The van der Waals surface area contributed by atoms with Gasteiger partial charge in [0.1, 0.15) is 5.75 Å². The number of para-hydroxylation sites is 1. The summed E-state index contributed by atoms with van der Waals surface area (Å²) in [5.74, 6) is 0.906. The van der Waals surface area contributed by atoms with Gasteiger partial charge in [-0.15, -0.1) is 0 Å². The highest BCUT2D eigenvalue weighted by molar-refractivity contribution is 5.95. The lowest BCUT2D eigenvalue weighted by Crippen LogP contribution is -2.26. The van der Waals surface area contributed by atoms with E-state index in [4.69, 9.17) is 4.74 Å². The normalized spacial score (nSPS) is 10.5. The molecule has 0 aliphatic carbocycles. The second-order valence-electron chi connectivity index (χ2n) is 6.81. The van der Waals surface area contributed by atoms with Crippen LogP contribution in [-0.2, 0) is 19.3 Å². The highest BCUT2D eigenvalue weighted by Gasteiger charge is 2.10. The maximum Gasteiger partial charge on any atom is 0.251 e. The van der Waals surface area contributed by atoms with Gasteiger partial charge in [-0.2, -0.15) is 0 Å². The van der Waals surface area contributed by atoms with E-state index in [-0.39, 0.29) is 5.91 Å². The summed E-state index contributed by atoms with van der Waals surface area (Å²) in [5.41, 5.74) is 4.32. The summed E-state index contributed by atoms with van der Waals surface area (Å²) in [6.45, 7) is 0.643. The molecule has 0 heterocycles. The number of carbonyl (C=O) groups is 1. The van der Waals surface area contributed by atoms with Gasteiger partial charge in [-0.05, 0) is 54.5 Å². The third-order valence-electron chi connectivity index (χ3n) is 4.89. The van der Waals surface area contributed by atoms with Crippen LogP contribution in [-0.4, -0.2) is 19.6 Å². The minimum absolute atomic E-state index is 0.00342. The van der Waals surface area contributed by atoms with Crippen molar-refractivity contribution in [3.05, 3.63) is 101 Å². The van der Waals surface area contributed by atoms with Crippen LogP contribution in [0.5, 0.6) is 5.75 Å². The lowest BCUT2D eigenvalue weighted by molar-refractivity contribution is 0.0952. The number of rotatable bonds is 9. The van der Waals surface area contributed by atoms with Crippen molar-refractivity contribution in [1.82, 2.24) is 5.32 Å². The van der Waals surface area contributed by atoms with E-state index in [1.807, 2.05) is 48.5 Å². The van der Waals surface area contributed by atoms with E-state index >= 15 is 0 Å². The van der Waals surface area contributed by atoms with Crippen molar-refractivity contribution in [2.45, 2.75) is 25.7 Å². The second-order valence-corrected chi connectivity index (χ2v) is 6.81. The fraction of sp³-hybridized carbons (Fsp3) is 0.240. The quantitative estimate of drug-likeness (QED) is 0.545. The number of hydrogen-bond donors (Lipinski definition) is 1. The smallest absolute Gasteiger partial charge is 0.251 e. The predicted molar refractivity (Wildman–Crippen MR) is 114 cm³/mol. The van der Waals surface area contributed by atoms with Crippen LogP contribution in [0.4, 0.5) is 0 Å². The lowest BCUT2D eigenvalue weighted by atomic mass is 9.99. The van der Waals surface area contributed by atoms with Crippen molar-refractivity contribution in [3.8, 4) is 5.75 Å². The van der Waals surface area contributed by atoms with E-state index in [1.54, 1.807) is 7.11 Å². The van der Waals surface area contributed by atoms with Crippen LogP contribution in [0.15, 0.2) is 78.9 Å². The number of amides is 1. The molecule has 0 unspecified atom stereocenters. The highest BCUT2D eigenvalue weighted by atomic mass is 16.5. The van der Waals surface area contributed by atoms with E-state index in [9.17, 15) is 4.79 Å². The van der Waals surface area contributed by atoms with Crippen LogP contribution >= 0.6 is 0 Å². The third-order valence-corrected chi connectivity index (χ3v) is 4.89.